The zero-order chi connectivity index (χ0) is 22.5. The molecule has 1 N–H and O–H groups in total. The Hall–Kier alpha value is -3.26. The van der Waals surface area contributed by atoms with E-state index in [-0.39, 0.29) is 5.91 Å². The SMILES string of the molecule is O=C1CCc2ccc(OCCCCN3CCCN(c4ncnc5ccccc45)CC3)nc2N1. The molecule has 1 saturated heterocycles. The first kappa shape index (κ1) is 21.6. The Morgan fingerprint density at radius 3 is 2.88 bits per heavy atom. The Morgan fingerprint density at radius 1 is 0.970 bits per heavy atom. The number of carbonyl (C=O) groups is 1. The van der Waals surface area contributed by atoms with Crippen molar-refractivity contribution >= 4 is 28.4 Å². The van der Waals surface area contributed by atoms with Gasteiger partial charge >= 0.3 is 0 Å². The maximum absolute atomic E-state index is 11.6. The van der Waals surface area contributed by atoms with Gasteiger partial charge in [0.2, 0.25) is 11.8 Å². The van der Waals surface area contributed by atoms with Crippen molar-refractivity contribution in [2.75, 3.05) is 49.5 Å². The Labute approximate surface area is 194 Å². The number of fused-ring (bicyclic) bond motifs is 2. The third-order valence-corrected chi connectivity index (χ3v) is 6.36. The largest absolute Gasteiger partial charge is 0.478 e. The minimum atomic E-state index is 0.0241. The first-order valence-electron chi connectivity index (χ1n) is 11.9. The van der Waals surface area contributed by atoms with Crippen LogP contribution >= 0.6 is 0 Å². The van der Waals surface area contributed by atoms with Gasteiger partial charge in [0.05, 0.1) is 12.1 Å². The van der Waals surface area contributed by atoms with Crippen molar-refractivity contribution in [1.82, 2.24) is 19.9 Å². The second-order valence-electron chi connectivity index (χ2n) is 8.66. The van der Waals surface area contributed by atoms with Gasteiger partial charge in [-0.15, -0.1) is 0 Å². The number of nitrogens with zero attached hydrogens (tertiary/aromatic N) is 5. The van der Waals surface area contributed by atoms with Gasteiger partial charge in [0.25, 0.3) is 0 Å². The van der Waals surface area contributed by atoms with Crippen LogP contribution in [0.1, 0.15) is 31.2 Å². The minimum Gasteiger partial charge on any atom is -0.478 e. The quantitative estimate of drug-likeness (QED) is 0.558. The number of pyridine rings is 1. The number of hydrogen-bond donors (Lipinski definition) is 1. The lowest BCUT2D eigenvalue weighted by Gasteiger charge is -2.23. The molecule has 0 atom stereocenters. The monoisotopic (exact) mass is 446 g/mol. The number of aryl methyl sites for hydroxylation is 1. The van der Waals surface area contributed by atoms with E-state index in [0.29, 0.717) is 24.7 Å². The van der Waals surface area contributed by atoms with Crippen LogP contribution in [0.3, 0.4) is 0 Å². The molecule has 0 unspecified atom stereocenters. The number of hydrogen-bond acceptors (Lipinski definition) is 7. The van der Waals surface area contributed by atoms with Gasteiger partial charge in [-0.05, 0) is 62.5 Å². The van der Waals surface area contributed by atoms with E-state index in [1.165, 1.54) is 0 Å². The van der Waals surface area contributed by atoms with Crippen molar-refractivity contribution in [3.05, 3.63) is 48.3 Å². The van der Waals surface area contributed by atoms with Gasteiger partial charge in [0.1, 0.15) is 18.0 Å². The van der Waals surface area contributed by atoms with Gasteiger partial charge in [-0.2, -0.15) is 4.98 Å². The molecular weight excluding hydrogens is 416 g/mol. The first-order chi connectivity index (χ1) is 16.3. The molecule has 2 aromatic heterocycles. The summed E-state index contributed by atoms with van der Waals surface area (Å²) in [4.78, 5) is 29.9. The Morgan fingerprint density at radius 2 is 1.91 bits per heavy atom. The summed E-state index contributed by atoms with van der Waals surface area (Å²) >= 11 is 0. The van der Waals surface area contributed by atoms with Crippen LogP contribution in [0.2, 0.25) is 0 Å². The summed E-state index contributed by atoms with van der Waals surface area (Å²) in [6, 6.07) is 12.1. The van der Waals surface area contributed by atoms with Crippen molar-refractivity contribution in [3.8, 4) is 5.88 Å². The molecule has 4 heterocycles. The lowest BCUT2D eigenvalue weighted by atomic mass is 10.1. The number of nitrogens with one attached hydrogen (secondary N) is 1. The van der Waals surface area contributed by atoms with Gasteiger partial charge in [-0.1, -0.05) is 12.1 Å². The van der Waals surface area contributed by atoms with Crippen LogP contribution in [-0.2, 0) is 11.2 Å². The lowest BCUT2D eigenvalue weighted by molar-refractivity contribution is -0.116. The van der Waals surface area contributed by atoms with Crippen LogP contribution in [-0.4, -0.2) is 65.1 Å². The lowest BCUT2D eigenvalue weighted by Crippen LogP contribution is -2.32. The van der Waals surface area contributed by atoms with Crippen LogP contribution < -0.4 is 15.0 Å². The van der Waals surface area contributed by atoms with E-state index in [2.05, 4.69) is 42.2 Å². The molecule has 2 aliphatic heterocycles. The zero-order valence-corrected chi connectivity index (χ0v) is 18.9. The second-order valence-corrected chi connectivity index (χ2v) is 8.66. The topological polar surface area (TPSA) is 83.5 Å². The Kier molecular flexibility index (Phi) is 6.62. The van der Waals surface area contributed by atoms with E-state index in [1.54, 1.807) is 6.33 Å². The molecule has 1 fully saturated rings. The van der Waals surface area contributed by atoms with Gasteiger partial charge in [0, 0.05) is 37.5 Å². The number of rotatable bonds is 7. The molecule has 8 heteroatoms. The summed E-state index contributed by atoms with van der Waals surface area (Å²) < 4.78 is 5.83. The van der Waals surface area contributed by atoms with E-state index in [0.717, 1.165) is 80.7 Å². The number of benzene rings is 1. The summed E-state index contributed by atoms with van der Waals surface area (Å²) in [5, 5.41) is 3.95. The van der Waals surface area contributed by atoms with Gasteiger partial charge in [-0.3, -0.25) is 4.79 Å². The summed E-state index contributed by atoms with van der Waals surface area (Å²) in [6.07, 6.45) is 6.12. The summed E-state index contributed by atoms with van der Waals surface area (Å²) in [5.41, 5.74) is 2.08. The standard InChI is InChI=1S/C25H30N6O2/c32-22-10-8-19-9-11-23(29-24(19)28-22)33-17-4-3-12-30-13-5-14-31(16-15-30)25-20-6-1-2-7-21(20)26-18-27-25/h1-2,6-7,9,11,18H,3-5,8,10,12-17H2,(H,28,29,32). The van der Waals surface area contributed by atoms with Crippen LogP contribution in [0.4, 0.5) is 11.6 Å². The second kappa shape index (κ2) is 10.1. The van der Waals surface area contributed by atoms with E-state index >= 15 is 0 Å². The summed E-state index contributed by atoms with van der Waals surface area (Å²) in [5.74, 6) is 2.30. The molecule has 0 bridgehead atoms. The molecule has 3 aromatic rings. The van der Waals surface area contributed by atoms with Gasteiger partial charge in [-0.25, -0.2) is 9.97 Å². The highest BCUT2D eigenvalue weighted by Crippen LogP contribution is 2.24. The van der Waals surface area contributed by atoms with E-state index in [1.807, 2.05) is 24.3 Å². The molecule has 0 spiro atoms. The van der Waals surface area contributed by atoms with Gasteiger partial charge < -0.3 is 19.9 Å². The van der Waals surface area contributed by atoms with Crippen LogP contribution in [0.25, 0.3) is 10.9 Å². The van der Waals surface area contributed by atoms with Crippen molar-refractivity contribution in [2.24, 2.45) is 0 Å². The van der Waals surface area contributed by atoms with Crippen molar-refractivity contribution in [1.29, 1.82) is 0 Å². The predicted octanol–water partition coefficient (Wildman–Crippen LogP) is 3.28. The van der Waals surface area contributed by atoms with E-state index in [4.69, 9.17) is 4.74 Å². The maximum atomic E-state index is 11.6. The number of amides is 1. The molecule has 172 valence electrons. The van der Waals surface area contributed by atoms with Crippen LogP contribution in [0.5, 0.6) is 5.88 Å². The molecule has 33 heavy (non-hydrogen) atoms. The fraction of sp³-hybridized carbons (Fsp3) is 0.440. The molecule has 1 amide bonds. The number of aromatic nitrogens is 3. The summed E-state index contributed by atoms with van der Waals surface area (Å²) in [7, 11) is 0. The molecule has 2 aliphatic rings. The number of unbranched alkanes of at least 4 members (excludes halogenated alkanes) is 1. The van der Waals surface area contributed by atoms with Gasteiger partial charge in [0.15, 0.2) is 0 Å². The number of anilines is 2. The van der Waals surface area contributed by atoms with Crippen molar-refractivity contribution < 1.29 is 9.53 Å². The van der Waals surface area contributed by atoms with E-state index in [9.17, 15) is 4.79 Å². The summed E-state index contributed by atoms with van der Waals surface area (Å²) in [6.45, 7) is 5.82. The average molecular weight is 447 g/mol. The zero-order valence-electron chi connectivity index (χ0n) is 18.9. The van der Waals surface area contributed by atoms with Crippen molar-refractivity contribution in [3.63, 3.8) is 0 Å². The highest BCUT2D eigenvalue weighted by molar-refractivity contribution is 5.92. The highest BCUT2D eigenvalue weighted by Gasteiger charge is 2.18. The molecule has 1 aromatic carbocycles. The number of carbonyl (C=O) groups excluding carboxylic acids is 1. The fourth-order valence-electron chi connectivity index (χ4n) is 4.57. The third kappa shape index (κ3) is 5.22. The Balaban J connectivity index is 1.07. The molecule has 0 saturated carbocycles. The Bertz CT molecular complexity index is 1120. The number of para-hydroxylation sites is 1. The molecular formula is C25H30N6O2. The highest BCUT2D eigenvalue weighted by atomic mass is 16.5. The maximum Gasteiger partial charge on any atom is 0.225 e. The number of ether oxygens (including phenoxy) is 1. The first-order valence-corrected chi connectivity index (χ1v) is 11.9. The minimum absolute atomic E-state index is 0.0241. The molecule has 8 nitrogen and oxygen atoms in total. The molecule has 0 radical (unpaired) electrons. The third-order valence-electron chi connectivity index (χ3n) is 6.36. The van der Waals surface area contributed by atoms with Crippen LogP contribution in [0.15, 0.2) is 42.7 Å². The molecule has 0 aliphatic carbocycles. The van der Waals surface area contributed by atoms with Crippen molar-refractivity contribution in [2.45, 2.75) is 32.1 Å². The van der Waals surface area contributed by atoms with Crippen LogP contribution in [0, 0.1) is 0 Å². The smallest absolute Gasteiger partial charge is 0.225 e. The normalized spacial score (nSPS) is 16.8. The molecule has 5 rings (SSSR count). The van der Waals surface area contributed by atoms with E-state index < -0.39 is 0 Å². The predicted molar refractivity (Wildman–Crippen MR) is 129 cm³/mol. The fourth-order valence-corrected chi connectivity index (χ4v) is 4.57. The average Bonchev–Trinajstić information content (AvgIpc) is 3.09.